The van der Waals surface area contributed by atoms with Crippen molar-refractivity contribution in [2.45, 2.75) is 19.1 Å². The molecule has 0 fully saturated rings. The van der Waals surface area contributed by atoms with E-state index in [0.717, 1.165) is 24.9 Å². The summed E-state index contributed by atoms with van der Waals surface area (Å²) < 4.78 is 0. The predicted molar refractivity (Wildman–Crippen MR) is 104 cm³/mol. The normalized spacial score (nSPS) is 15.4. The van der Waals surface area contributed by atoms with Crippen molar-refractivity contribution in [3.8, 4) is 5.75 Å². The Kier molecular flexibility index (Phi) is 4.83. The molecule has 0 bridgehead atoms. The van der Waals surface area contributed by atoms with E-state index < -0.39 is 6.10 Å². The van der Waals surface area contributed by atoms with E-state index in [1.807, 2.05) is 6.07 Å². The molecule has 1 amide bonds. The van der Waals surface area contributed by atoms with Gasteiger partial charge in [-0.15, -0.1) is 0 Å². The van der Waals surface area contributed by atoms with Crippen molar-refractivity contribution in [3.63, 3.8) is 0 Å². The molecule has 0 saturated heterocycles. The third-order valence-corrected chi connectivity index (χ3v) is 5.03. The maximum Gasteiger partial charge on any atom is 0.267 e. The summed E-state index contributed by atoms with van der Waals surface area (Å²) in [5.41, 5.74) is 3.80. The molecule has 1 aliphatic heterocycles. The number of fused-ring (bicyclic) bond motifs is 2. The summed E-state index contributed by atoms with van der Waals surface area (Å²) in [7, 11) is 0. The lowest BCUT2D eigenvalue weighted by Crippen LogP contribution is -2.42. The summed E-state index contributed by atoms with van der Waals surface area (Å²) in [5, 5.41) is 23.5. The molecule has 6 heteroatoms. The summed E-state index contributed by atoms with van der Waals surface area (Å²) in [6, 6.07) is 15.0. The van der Waals surface area contributed by atoms with E-state index >= 15 is 0 Å². The quantitative estimate of drug-likeness (QED) is 0.557. The fraction of sp³-hybridized carbons (Fsp3) is 0.286. The number of hydrogen-bond acceptors (Lipinski definition) is 4. The number of rotatable bonds is 5. The average Bonchev–Trinajstić information content (AvgIpc) is 3.09. The number of aromatic hydroxyl groups is 1. The van der Waals surface area contributed by atoms with Crippen LogP contribution in [0.4, 0.5) is 0 Å². The van der Waals surface area contributed by atoms with Crippen molar-refractivity contribution in [1.82, 2.24) is 15.2 Å². The van der Waals surface area contributed by atoms with Gasteiger partial charge in [-0.1, -0.05) is 24.3 Å². The fourth-order valence-electron chi connectivity index (χ4n) is 3.62. The highest BCUT2D eigenvalue weighted by atomic mass is 16.3. The first kappa shape index (κ1) is 17.6. The number of amides is 1. The molecule has 2 heterocycles. The number of nitrogens with one attached hydrogen (secondary N) is 2. The molecule has 4 N–H and O–H groups in total. The van der Waals surface area contributed by atoms with Crippen LogP contribution in [-0.2, 0) is 13.0 Å². The maximum absolute atomic E-state index is 12.3. The highest BCUT2D eigenvalue weighted by Crippen LogP contribution is 2.20. The van der Waals surface area contributed by atoms with Crippen molar-refractivity contribution in [3.05, 3.63) is 65.4 Å². The molecular formula is C21H23N3O3. The van der Waals surface area contributed by atoms with Crippen LogP contribution < -0.4 is 5.32 Å². The van der Waals surface area contributed by atoms with Crippen molar-refractivity contribution in [2.24, 2.45) is 0 Å². The third-order valence-electron chi connectivity index (χ3n) is 5.03. The van der Waals surface area contributed by atoms with Crippen molar-refractivity contribution in [1.29, 1.82) is 0 Å². The zero-order valence-electron chi connectivity index (χ0n) is 15.0. The molecule has 1 aliphatic rings. The van der Waals surface area contributed by atoms with Gasteiger partial charge in [-0.2, -0.15) is 0 Å². The third kappa shape index (κ3) is 3.97. The predicted octanol–water partition coefficient (Wildman–Crippen LogP) is 2.02. The number of aliphatic hydroxyl groups is 1. The zero-order chi connectivity index (χ0) is 18.8. The molecule has 3 aromatic rings. The van der Waals surface area contributed by atoms with Crippen LogP contribution in [0.15, 0.2) is 48.5 Å². The van der Waals surface area contributed by atoms with Gasteiger partial charge in [-0.3, -0.25) is 9.69 Å². The molecule has 0 spiro atoms. The summed E-state index contributed by atoms with van der Waals surface area (Å²) in [6.45, 7) is 2.45. The molecule has 6 nitrogen and oxygen atoms in total. The van der Waals surface area contributed by atoms with Crippen LogP contribution >= 0.6 is 0 Å². The van der Waals surface area contributed by atoms with Crippen molar-refractivity contribution >= 4 is 16.8 Å². The number of β-amino-alcohol motifs (C(OH)–C–C–N with tert-alkyl or cyclic N) is 1. The number of aromatic nitrogens is 1. The molecule has 1 unspecified atom stereocenters. The number of H-pyrrole nitrogens is 1. The van der Waals surface area contributed by atoms with Gasteiger partial charge in [0.05, 0.1) is 6.10 Å². The molecule has 2 aromatic carbocycles. The van der Waals surface area contributed by atoms with Gasteiger partial charge in [-0.25, -0.2) is 0 Å². The topological polar surface area (TPSA) is 88.6 Å². The van der Waals surface area contributed by atoms with Gasteiger partial charge < -0.3 is 20.5 Å². The van der Waals surface area contributed by atoms with Gasteiger partial charge in [-0.05, 0) is 35.7 Å². The van der Waals surface area contributed by atoms with Gasteiger partial charge >= 0.3 is 0 Å². The summed E-state index contributed by atoms with van der Waals surface area (Å²) in [4.78, 5) is 17.5. The van der Waals surface area contributed by atoms with Crippen LogP contribution in [-0.4, -0.2) is 51.7 Å². The van der Waals surface area contributed by atoms with Crippen LogP contribution in [0.2, 0.25) is 0 Å². The minimum absolute atomic E-state index is 0.148. The Bertz CT molecular complexity index is 966. The number of carbonyl (C=O) groups excluding carboxylic acids is 1. The lowest BCUT2D eigenvalue weighted by molar-refractivity contribution is 0.0838. The standard InChI is InChI=1S/C21H23N3O3/c25-17-6-5-15-9-20(23-19(15)10-17)21(27)22-11-18(26)13-24-8-7-14-3-1-2-4-16(14)12-24/h1-6,9-10,18,23,25-26H,7-8,11-13H2,(H,22,27). The summed E-state index contributed by atoms with van der Waals surface area (Å²) in [5.74, 6) is -0.122. The van der Waals surface area contributed by atoms with E-state index in [0.29, 0.717) is 17.8 Å². The molecule has 4 rings (SSSR count). The van der Waals surface area contributed by atoms with E-state index in [2.05, 4.69) is 33.4 Å². The smallest absolute Gasteiger partial charge is 0.267 e. The van der Waals surface area contributed by atoms with E-state index in [9.17, 15) is 15.0 Å². The fourth-order valence-corrected chi connectivity index (χ4v) is 3.62. The first-order valence-electron chi connectivity index (χ1n) is 9.15. The van der Waals surface area contributed by atoms with E-state index in [1.54, 1.807) is 24.3 Å². The minimum Gasteiger partial charge on any atom is -0.508 e. The molecule has 0 radical (unpaired) electrons. The molecule has 27 heavy (non-hydrogen) atoms. The first-order valence-corrected chi connectivity index (χ1v) is 9.15. The zero-order valence-corrected chi connectivity index (χ0v) is 15.0. The van der Waals surface area contributed by atoms with Gasteiger partial charge in [0, 0.05) is 43.1 Å². The first-order chi connectivity index (χ1) is 13.1. The Balaban J connectivity index is 1.31. The molecule has 0 saturated carbocycles. The van der Waals surface area contributed by atoms with Gasteiger partial charge in [0.2, 0.25) is 0 Å². The Morgan fingerprint density at radius 1 is 1.19 bits per heavy atom. The Morgan fingerprint density at radius 2 is 2.00 bits per heavy atom. The molecule has 0 aliphatic carbocycles. The highest BCUT2D eigenvalue weighted by Gasteiger charge is 2.19. The number of carbonyl (C=O) groups is 1. The monoisotopic (exact) mass is 365 g/mol. The largest absolute Gasteiger partial charge is 0.508 e. The van der Waals surface area contributed by atoms with E-state index in [4.69, 9.17) is 0 Å². The Morgan fingerprint density at radius 3 is 2.85 bits per heavy atom. The Hall–Kier alpha value is -2.83. The number of aliphatic hydroxyl groups excluding tert-OH is 1. The van der Waals surface area contributed by atoms with Crippen LogP contribution in [0, 0.1) is 0 Å². The molecule has 1 aromatic heterocycles. The second-order valence-electron chi connectivity index (χ2n) is 7.07. The van der Waals surface area contributed by atoms with E-state index in [-0.39, 0.29) is 18.2 Å². The van der Waals surface area contributed by atoms with Gasteiger partial charge in [0.25, 0.3) is 5.91 Å². The number of phenols is 1. The molecule has 1 atom stereocenters. The number of phenolic OH excluding ortho intramolecular Hbond substituents is 1. The number of benzene rings is 2. The van der Waals surface area contributed by atoms with Crippen LogP contribution in [0.1, 0.15) is 21.6 Å². The van der Waals surface area contributed by atoms with Gasteiger partial charge in [0.15, 0.2) is 0 Å². The second kappa shape index (κ2) is 7.42. The lowest BCUT2D eigenvalue weighted by Gasteiger charge is -2.30. The number of aromatic amines is 1. The summed E-state index contributed by atoms with van der Waals surface area (Å²) >= 11 is 0. The maximum atomic E-state index is 12.3. The SMILES string of the molecule is O=C(NCC(O)CN1CCc2ccccc2C1)c1cc2ccc(O)cc2[nH]1. The Labute approximate surface area is 157 Å². The summed E-state index contributed by atoms with van der Waals surface area (Å²) in [6.07, 6.45) is 0.351. The second-order valence-corrected chi connectivity index (χ2v) is 7.07. The highest BCUT2D eigenvalue weighted by molar-refractivity contribution is 5.98. The van der Waals surface area contributed by atoms with Crippen molar-refractivity contribution in [2.75, 3.05) is 19.6 Å². The number of nitrogens with zero attached hydrogens (tertiary/aromatic N) is 1. The van der Waals surface area contributed by atoms with Crippen LogP contribution in [0.3, 0.4) is 0 Å². The van der Waals surface area contributed by atoms with Gasteiger partial charge in [0.1, 0.15) is 11.4 Å². The average molecular weight is 365 g/mol. The lowest BCUT2D eigenvalue weighted by atomic mass is 10.00. The minimum atomic E-state index is -0.632. The molecular weight excluding hydrogens is 342 g/mol. The molecule has 140 valence electrons. The van der Waals surface area contributed by atoms with Crippen LogP contribution in [0.5, 0.6) is 5.75 Å². The van der Waals surface area contributed by atoms with E-state index in [1.165, 1.54) is 11.1 Å². The number of hydrogen-bond donors (Lipinski definition) is 4. The van der Waals surface area contributed by atoms with Crippen molar-refractivity contribution < 1.29 is 15.0 Å². The van der Waals surface area contributed by atoms with Crippen LogP contribution in [0.25, 0.3) is 10.9 Å².